The lowest BCUT2D eigenvalue weighted by Crippen LogP contribution is -2.17. The number of aryl methyl sites for hydroxylation is 1. The molecule has 19 heavy (non-hydrogen) atoms. The van der Waals surface area contributed by atoms with Crippen molar-refractivity contribution >= 4 is 29.2 Å². The standard InChI is InChI=1S/C12H18N6S/c1-8-6-19-7-9(8)4-5-14-11-15-10(13)16-12(17-11)18(2)3/h6-7H,4-5H2,1-3H3,(H3,13,14,15,16,17). The van der Waals surface area contributed by atoms with Gasteiger partial charge in [-0.05, 0) is 35.2 Å². The lowest BCUT2D eigenvalue weighted by molar-refractivity contribution is 0.934. The molecule has 0 unspecified atom stereocenters. The monoisotopic (exact) mass is 278 g/mol. The lowest BCUT2D eigenvalue weighted by atomic mass is 10.1. The number of anilines is 3. The summed E-state index contributed by atoms with van der Waals surface area (Å²) in [6, 6.07) is 0. The average molecular weight is 278 g/mol. The fourth-order valence-electron chi connectivity index (χ4n) is 1.61. The Morgan fingerprint density at radius 2 is 2.05 bits per heavy atom. The highest BCUT2D eigenvalue weighted by Crippen LogP contribution is 2.14. The number of aromatic nitrogens is 3. The van der Waals surface area contributed by atoms with Crippen LogP contribution in [0.15, 0.2) is 10.8 Å². The molecule has 0 spiro atoms. The first kappa shape index (κ1) is 13.5. The third kappa shape index (κ3) is 3.54. The van der Waals surface area contributed by atoms with Crippen molar-refractivity contribution in [3.05, 3.63) is 21.9 Å². The smallest absolute Gasteiger partial charge is 0.231 e. The van der Waals surface area contributed by atoms with Crippen LogP contribution in [0.3, 0.4) is 0 Å². The van der Waals surface area contributed by atoms with Gasteiger partial charge in [-0.1, -0.05) is 0 Å². The summed E-state index contributed by atoms with van der Waals surface area (Å²) >= 11 is 1.73. The van der Waals surface area contributed by atoms with E-state index in [0.717, 1.165) is 13.0 Å². The maximum Gasteiger partial charge on any atom is 0.231 e. The van der Waals surface area contributed by atoms with Gasteiger partial charge in [-0.25, -0.2) is 0 Å². The molecule has 0 amide bonds. The van der Waals surface area contributed by atoms with Crippen molar-refractivity contribution in [2.75, 3.05) is 36.6 Å². The number of nitrogens with one attached hydrogen (secondary N) is 1. The van der Waals surface area contributed by atoms with E-state index in [-0.39, 0.29) is 5.95 Å². The number of nitrogens with zero attached hydrogens (tertiary/aromatic N) is 4. The summed E-state index contributed by atoms with van der Waals surface area (Å²) < 4.78 is 0. The van der Waals surface area contributed by atoms with Crippen molar-refractivity contribution in [2.45, 2.75) is 13.3 Å². The van der Waals surface area contributed by atoms with Gasteiger partial charge in [0.05, 0.1) is 0 Å². The molecule has 2 aromatic rings. The van der Waals surface area contributed by atoms with Crippen LogP contribution in [0.2, 0.25) is 0 Å². The molecule has 0 fully saturated rings. The normalized spacial score (nSPS) is 10.5. The predicted octanol–water partition coefficient (Wildman–Crippen LogP) is 1.54. The molecule has 0 atom stereocenters. The van der Waals surface area contributed by atoms with Crippen LogP contribution in [-0.4, -0.2) is 35.6 Å². The van der Waals surface area contributed by atoms with Gasteiger partial charge in [-0.15, -0.1) is 0 Å². The molecule has 2 aromatic heterocycles. The van der Waals surface area contributed by atoms with Crippen LogP contribution in [0.1, 0.15) is 11.1 Å². The third-order valence-electron chi connectivity index (χ3n) is 2.68. The Kier molecular flexibility index (Phi) is 4.16. The van der Waals surface area contributed by atoms with Crippen molar-refractivity contribution in [3.8, 4) is 0 Å². The maximum atomic E-state index is 5.66. The van der Waals surface area contributed by atoms with Crippen molar-refractivity contribution in [1.29, 1.82) is 0 Å². The van der Waals surface area contributed by atoms with Crippen LogP contribution in [0.4, 0.5) is 17.8 Å². The highest BCUT2D eigenvalue weighted by molar-refractivity contribution is 7.08. The first-order chi connectivity index (χ1) is 9.06. The minimum Gasteiger partial charge on any atom is -0.368 e. The van der Waals surface area contributed by atoms with Gasteiger partial charge in [0.25, 0.3) is 0 Å². The number of hydrogen-bond acceptors (Lipinski definition) is 7. The Bertz CT molecular complexity index is 551. The summed E-state index contributed by atoms with van der Waals surface area (Å²) in [5.74, 6) is 1.30. The van der Waals surface area contributed by atoms with Gasteiger partial charge in [0.2, 0.25) is 17.8 Å². The van der Waals surface area contributed by atoms with Crippen LogP contribution < -0.4 is 16.0 Å². The summed E-state index contributed by atoms with van der Waals surface area (Å²) in [5.41, 5.74) is 8.34. The first-order valence-corrected chi connectivity index (χ1v) is 6.95. The molecule has 2 heterocycles. The molecule has 102 valence electrons. The van der Waals surface area contributed by atoms with Crippen molar-refractivity contribution < 1.29 is 0 Å². The number of nitrogen functional groups attached to an aromatic ring is 1. The molecule has 0 radical (unpaired) electrons. The van der Waals surface area contributed by atoms with Crippen molar-refractivity contribution in [1.82, 2.24) is 15.0 Å². The zero-order valence-corrected chi connectivity index (χ0v) is 12.2. The zero-order chi connectivity index (χ0) is 13.8. The second-order valence-corrected chi connectivity index (χ2v) is 5.21. The van der Waals surface area contributed by atoms with E-state index in [4.69, 9.17) is 5.73 Å². The van der Waals surface area contributed by atoms with Crippen LogP contribution >= 0.6 is 11.3 Å². The largest absolute Gasteiger partial charge is 0.368 e. The van der Waals surface area contributed by atoms with E-state index in [9.17, 15) is 0 Å². The molecule has 0 aliphatic heterocycles. The molecule has 0 aromatic carbocycles. The number of thiophene rings is 1. The zero-order valence-electron chi connectivity index (χ0n) is 11.3. The van der Waals surface area contributed by atoms with Crippen molar-refractivity contribution in [2.24, 2.45) is 0 Å². The minimum atomic E-state index is 0.230. The van der Waals surface area contributed by atoms with E-state index in [1.165, 1.54) is 11.1 Å². The molecule has 2 rings (SSSR count). The number of hydrogen-bond donors (Lipinski definition) is 2. The summed E-state index contributed by atoms with van der Waals surface area (Å²) in [6.07, 6.45) is 0.943. The molecule has 3 N–H and O–H groups in total. The van der Waals surface area contributed by atoms with E-state index >= 15 is 0 Å². The second kappa shape index (κ2) is 5.83. The van der Waals surface area contributed by atoms with Crippen LogP contribution in [0.5, 0.6) is 0 Å². The highest BCUT2D eigenvalue weighted by atomic mass is 32.1. The predicted molar refractivity (Wildman–Crippen MR) is 79.8 cm³/mol. The topological polar surface area (TPSA) is 80.0 Å². The fraction of sp³-hybridized carbons (Fsp3) is 0.417. The molecule has 7 heteroatoms. The first-order valence-electron chi connectivity index (χ1n) is 6.00. The quantitative estimate of drug-likeness (QED) is 0.863. The van der Waals surface area contributed by atoms with Crippen molar-refractivity contribution in [3.63, 3.8) is 0 Å². The van der Waals surface area contributed by atoms with Crippen LogP contribution in [0, 0.1) is 6.92 Å². The Labute approximate surface area is 116 Å². The van der Waals surface area contributed by atoms with Gasteiger partial charge in [0, 0.05) is 20.6 Å². The van der Waals surface area contributed by atoms with Gasteiger partial charge < -0.3 is 16.0 Å². The Hall–Kier alpha value is -1.89. The molecule has 0 bridgehead atoms. The van der Waals surface area contributed by atoms with E-state index in [1.54, 1.807) is 16.2 Å². The van der Waals surface area contributed by atoms with Gasteiger partial charge in [0.1, 0.15) is 0 Å². The third-order valence-corrected chi connectivity index (χ3v) is 3.59. The highest BCUT2D eigenvalue weighted by Gasteiger charge is 2.06. The van der Waals surface area contributed by atoms with Gasteiger partial charge in [-0.2, -0.15) is 26.3 Å². The average Bonchev–Trinajstić information content (AvgIpc) is 2.74. The SMILES string of the molecule is Cc1cscc1CCNc1nc(N)nc(N(C)C)n1. The molecule has 0 aliphatic carbocycles. The molecule has 6 nitrogen and oxygen atoms in total. The second-order valence-electron chi connectivity index (χ2n) is 4.47. The molecule has 0 aliphatic rings. The van der Waals surface area contributed by atoms with Gasteiger partial charge in [0.15, 0.2) is 0 Å². The van der Waals surface area contributed by atoms with E-state index in [1.807, 2.05) is 14.1 Å². The van der Waals surface area contributed by atoms with E-state index in [0.29, 0.717) is 11.9 Å². The van der Waals surface area contributed by atoms with Crippen LogP contribution in [-0.2, 0) is 6.42 Å². The summed E-state index contributed by atoms with van der Waals surface area (Å²) in [6.45, 7) is 2.89. The Morgan fingerprint density at radius 1 is 1.26 bits per heavy atom. The van der Waals surface area contributed by atoms with Gasteiger partial charge >= 0.3 is 0 Å². The number of nitrogens with two attached hydrogens (primary N) is 1. The minimum absolute atomic E-state index is 0.230. The van der Waals surface area contributed by atoms with Gasteiger partial charge in [-0.3, -0.25) is 0 Å². The van der Waals surface area contributed by atoms with Crippen LogP contribution in [0.25, 0.3) is 0 Å². The van der Waals surface area contributed by atoms with E-state index in [2.05, 4.69) is 38.0 Å². The Morgan fingerprint density at radius 3 is 2.68 bits per heavy atom. The number of rotatable bonds is 5. The molecule has 0 saturated carbocycles. The summed E-state index contributed by atoms with van der Waals surface area (Å²) in [4.78, 5) is 14.2. The van der Waals surface area contributed by atoms with E-state index < -0.39 is 0 Å². The summed E-state index contributed by atoms with van der Waals surface area (Å²) in [7, 11) is 3.74. The maximum absolute atomic E-state index is 5.66. The summed E-state index contributed by atoms with van der Waals surface area (Å²) in [5, 5.41) is 7.51. The lowest BCUT2D eigenvalue weighted by Gasteiger charge is -2.12. The molecular weight excluding hydrogens is 260 g/mol. The molecular formula is C12H18N6S. The fourth-order valence-corrected chi connectivity index (χ4v) is 2.50. The molecule has 0 saturated heterocycles. The Balaban J connectivity index is 1.98.